The average molecular weight is 387 g/mol. The summed E-state index contributed by atoms with van der Waals surface area (Å²) in [4.78, 5) is 15.5. The molecule has 3 aromatic rings. The number of ketones is 1. The van der Waals surface area contributed by atoms with Crippen LogP contribution in [0.3, 0.4) is 0 Å². The van der Waals surface area contributed by atoms with Crippen molar-refractivity contribution in [3.63, 3.8) is 0 Å². The third-order valence-corrected chi connectivity index (χ3v) is 4.25. The Morgan fingerprint density at radius 3 is 2.67 bits per heavy atom. The number of rotatable bonds is 2. The molecule has 6 heteroatoms. The molecule has 2 aromatic carbocycles. The summed E-state index contributed by atoms with van der Waals surface area (Å²) in [6.07, 6.45) is 1.58. The molecule has 0 unspecified atom stereocenters. The van der Waals surface area contributed by atoms with Crippen LogP contribution in [0.25, 0.3) is 10.9 Å². The molecule has 1 N–H and O–H groups in total. The fourth-order valence-corrected chi connectivity index (χ4v) is 3.13. The van der Waals surface area contributed by atoms with E-state index >= 15 is 0 Å². The maximum absolute atomic E-state index is 13.3. The maximum Gasteiger partial charge on any atom is 0.195 e. The molecule has 0 atom stereocenters. The molecule has 0 saturated heterocycles. The molecule has 0 spiro atoms. The van der Waals surface area contributed by atoms with E-state index in [1.807, 2.05) is 0 Å². The van der Waals surface area contributed by atoms with Crippen LogP contribution in [0.2, 0.25) is 10.0 Å². The zero-order valence-electron chi connectivity index (χ0n) is 10.4. The first-order valence-corrected chi connectivity index (χ1v) is 7.48. The molecule has 0 fully saturated rings. The highest BCUT2D eigenvalue weighted by molar-refractivity contribution is 9.10. The molecule has 0 saturated carbocycles. The minimum atomic E-state index is -0.421. The van der Waals surface area contributed by atoms with E-state index in [4.69, 9.17) is 23.2 Å². The van der Waals surface area contributed by atoms with Gasteiger partial charge in [0.05, 0.1) is 9.50 Å². The Bertz CT molecular complexity index is 875. The molecule has 0 bridgehead atoms. The molecular weight excluding hydrogens is 380 g/mol. The fourth-order valence-electron chi connectivity index (χ4n) is 2.16. The fraction of sp³-hybridized carbons (Fsp3) is 0. The van der Waals surface area contributed by atoms with Crippen molar-refractivity contribution in [2.24, 2.45) is 0 Å². The number of halogens is 4. The standard InChI is InChI=1S/C15H7BrCl2FNO/c16-10-3-7(1-2-12(10)19)15(21)9-6-20-13-5-8(17)4-11(18)14(9)13/h1-6,20H. The highest BCUT2D eigenvalue weighted by Crippen LogP contribution is 2.32. The molecule has 0 radical (unpaired) electrons. The number of aromatic amines is 1. The van der Waals surface area contributed by atoms with Gasteiger partial charge < -0.3 is 4.98 Å². The number of aromatic nitrogens is 1. The number of hydrogen-bond acceptors (Lipinski definition) is 1. The normalized spacial score (nSPS) is 11.0. The first-order valence-electron chi connectivity index (χ1n) is 5.93. The van der Waals surface area contributed by atoms with Crippen LogP contribution in [0.5, 0.6) is 0 Å². The molecule has 0 aliphatic rings. The first kappa shape index (κ1) is 14.6. The Hall–Kier alpha value is -1.36. The maximum atomic E-state index is 13.3. The van der Waals surface area contributed by atoms with Crippen molar-refractivity contribution in [1.82, 2.24) is 4.98 Å². The molecule has 21 heavy (non-hydrogen) atoms. The summed E-state index contributed by atoms with van der Waals surface area (Å²) < 4.78 is 13.5. The molecule has 106 valence electrons. The number of fused-ring (bicyclic) bond motifs is 1. The zero-order valence-corrected chi connectivity index (χ0v) is 13.5. The number of carbonyl (C=O) groups excluding carboxylic acids is 1. The Labute approximate surface area is 138 Å². The van der Waals surface area contributed by atoms with Crippen molar-refractivity contribution in [3.8, 4) is 0 Å². The lowest BCUT2D eigenvalue weighted by atomic mass is 10.0. The number of benzene rings is 2. The van der Waals surface area contributed by atoms with Crippen LogP contribution in [0.15, 0.2) is 41.0 Å². The summed E-state index contributed by atoms with van der Waals surface area (Å²) in [5.41, 5.74) is 1.47. The molecule has 0 aliphatic heterocycles. The van der Waals surface area contributed by atoms with Crippen LogP contribution in [0.4, 0.5) is 4.39 Å². The van der Waals surface area contributed by atoms with E-state index in [2.05, 4.69) is 20.9 Å². The van der Waals surface area contributed by atoms with Crippen molar-refractivity contribution < 1.29 is 9.18 Å². The summed E-state index contributed by atoms with van der Waals surface area (Å²) in [6.45, 7) is 0. The second-order valence-electron chi connectivity index (χ2n) is 4.47. The Balaban J connectivity index is 2.16. The highest BCUT2D eigenvalue weighted by atomic mass is 79.9. The van der Waals surface area contributed by atoms with Gasteiger partial charge in [0.15, 0.2) is 5.78 Å². The van der Waals surface area contributed by atoms with Gasteiger partial charge in [0.25, 0.3) is 0 Å². The largest absolute Gasteiger partial charge is 0.360 e. The molecule has 0 aliphatic carbocycles. The summed E-state index contributed by atoms with van der Waals surface area (Å²) in [5.74, 6) is -0.665. The monoisotopic (exact) mass is 385 g/mol. The lowest BCUT2D eigenvalue weighted by molar-refractivity contribution is 0.104. The Morgan fingerprint density at radius 1 is 1.19 bits per heavy atom. The van der Waals surface area contributed by atoms with Crippen molar-refractivity contribution in [2.75, 3.05) is 0 Å². The third-order valence-electron chi connectivity index (χ3n) is 3.12. The van der Waals surface area contributed by atoms with E-state index in [-0.39, 0.29) is 10.3 Å². The van der Waals surface area contributed by atoms with E-state index in [9.17, 15) is 9.18 Å². The van der Waals surface area contributed by atoms with Gasteiger partial charge in [-0.25, -0.2) is 4.39 Å². The minimum absolute atomic E-state index is 0.238. The van der Waals surface area contributed by atoms with E-state index in [1.54, 1.807) is 18.3 Å². The van der Waals surface area contributed by atoms with Gasteiger partial charge in [-0.2, -0.15) is 0 Å². The van der Waals surface area contributed by atoms with Gasteiger partial charge in [-0.05, 0) is 46.3 Å². The highest BCUT2D eigenvalue weighted by Gasteiger charge is 2.17. The number of hydrogen-bond donors (Lipinski definition) is 1. The van der Waals surface area contributed by atoms with Crippen LogP contribution in [-0.4, -0.2) is 10.8 Å². The number of H-pyrrole nitrogens is 1. The van der Waals surface area contributed by atoms with Gasteiger partial charge >= 0.3 is 0 Å². The lowest BCUT2D eigenvalue weighted by Gasteiger charge is -2.03. The summed E-state index contributed by atoms with van der Waals surface area (Å²) in [5, 5.41) is 1.48. The van der Waals surface area contributed by atoms with Gasteiger partial charge in [0.2, 0.25) is 0 Å². The molecule has 2 nitrogen and oxygen atoms in total. The predicted molar refractivity (Wildman–Crippen MR) is 85.9 cm³/mol. The van der Waals surface area contributed by atoms with E-state index in [0.29, 0.717) is 32.1 Å². The van der Waals surface area contributed by atoms with Gasteiger partial charge in [-0.3, -0.25) is 4.79 Å². The van der Waals surface area contributed by atoms with Crippen LogP contribution in [0, 0.1) is 5.82 Å². The van der Waals surface area contributed by atoms with Crippen LogP contribution in [-0.2, 0) is 0 Å². The van der Waals surface area contributed by atoms with Crippen LogP contribution in [0.1, 0.15) is 15.9 Å². The van der Waals surface area contributed by atoms with Crippen molar-refractivity contribution in [3.05, 3.63) is 68.0 Å². The topological polar surface area (TPSA) is 32.9 Å². The van der Waals surface area contributed by atoms with Crippen LogP contribution >= 0.6 is 39.1 Å². The van der Waals surface area contributed by atoms with Crippen molar-refractivity contribution in [2.45, 2.75) is 0 Å². The lowest BCUT2D eigenvalue weighted by Crippen LogP contribution is -2.01. The smallest absolute Gasteiger partial charge is 0.195 e. The second kappa shape index (κ2) is 5.44. The SMILES string of the molecule is O=C(c1ccc(F)c(Br)c1)c1c[nH]c2cc(Cl)cc(Cl)c12. The zero-order chi connectivity index (χ0) is 15.1. The third kappa shape index (κ3) is 2.59. The molecule has 0 amide bonds. The van der Waals surface area contributed by atoms with Crippen molar-refractivity contribution in [1.29, 1.82) is 0 Å². The molecule has 1 heterocycles. The minimum Gasteiger partial charge on any atom is -0.360 e. The Kier molecular flexibility index (Phi) is 3.78. The number of carbonyl (C=O) groups is 1. The van der Waals surface area contributed by atoms with Crippen molar-refractivity contribution >= 4 is 55.8 Å². The van der Waals surface area contributed by atoms with E-state index in [0.717, 1.165) is 0 Å². The van der Waals surface area contributed by atoms with Gasteiger partial charge in [0, 0.05) is 33.2 Å². The first-order chi connectivity index (χ1) is 9.97. The Morgan fingerprint density at radius 2 is 1.95 bits per heavy atom. The van der Waals surface area contributed by atoms with E-state index in [1.165, 1.54) is 18.2 Å². The number of nitrogens with one attached hydrogen (secondary N) is 1. The quantitative estimate of drug-likeness (QED) is 0.570. The predicted octanol–water partition coefficient (Wildman–Crippen LogP) is 5.61. The molecule has 3 rings (SSSR count). The molecule has 1 aromatic heterocycles. The summed E-state index contributed by atoms with van der Waals surface area (Å²) >= 11 is 15.2. The second-order valence-corrected chi connectivity index (χ2v) is 6.17. The summed E-state index contributed by atoms with van der Waals surface area (Å²) in [7, 11) is 0. The van der Waals surface area contributed by atoms with Gasteiger partial charge in [0.1, 0.15) is 5.82 Å². The van der Waals surface area contributed by atoms with Gasteiger partial charge in [-0.1, -0.05) is 23.2 Å². The van der Waals surface area contributed by atoms with Gasteiger partial charge in [-0.15, -0.1) is 0 Å². The molecular formula is C15H7BrCl2FNO. The average Bonchev–Trinajstić information content (AvgIpc) is 2.85. The van der Waals surface area contributed by atoms with E-state index < -0.39 is 5.82 Å². The van der Waals surface area contributed by atoms with Crippen LogP contribution < -0.4 is 0 Å². The summed E-state index contributed by atoms with van der Waals surface area (Å²) in [6, 6.07) is 7.40.